The summed E-state index contributed by atoms with van der Waals surface area (Å²) < 4.78 is 0. The van der Waals surface area contributed by atoms with Crippen LogP contribution in [0.25, 0.3) is 0 Å². The zero-order valence-corrected chi connectivity index (χ0v) is 17.2. The van der Waals surface area contributed by atoms with Crippen LogP contribution in [0.5, 0.6) is 0 Å². The first-order valence-electron chi connectivity index (χ1n) is 10.7. The second-order valence-electron chi connectivity index (χ2n) is 8.25. The molecule has 0 saturated carbocycles. The number of anilines is 1. The first kappa shape index (κ1) is 20.6. The van der Waals surface area contributed by atoms with Gasteiger partial charge in [-0.3, -0.25) is 14.5 Å². The fourth-order valence-corrected chi connectivity index (χ4v) is 4.44. The summed E-state index contributed by atoms with van der Waals surface area (Å²) in [4.78, 5) is 31.2. The molecule has 1 atom stereocenters. The van der Waals surface area contributed by atoms with E-state index in [1.54, 1.807) is 9.80 Å². The van der Waals surface area contributed by atoms with Crippen molar-refractivity contribution in [3.63, 3.8) is 0 Å². The van der Waals surface area contributed by atoms with Crippen LogP contribution in [0.4, 0.5) is 5.69 Å². The van der Waals surface area contributed by atoms with Crippen molar-refractivity contribution in [2.24, 2.45) is 0 Å². The van der Waals surface area contributed by atoms with Crippen LogP contribution >= 0.6 is 0 Å². The highest BCUT2D eigenvalue weighted by Crippen LogP contribution is 2.26. The Morgan fingerprint density at radius 1 is 0.900 bits per heavy atom. The van der Waals surface area contributed by atoms with Crippen LogP contribution in [0.3, 0.4) is 0 Å². The summed E-state index contributed by atoms with van der Waals surface area (Å²) >= 11 is 0. The molecule has 158 valence electrons. The average Bonchev–Trinajstić information content (AvgIpc) is 2.76. The largest absolute Gasteiger partial charge is 0.379 e. The predicted octanol–water partition coefficient (Wildman–Crippen LogP) is 1.93. The lowest BCUT2D eigenvalue weighted by Crippen LogP contribution is -2.61. The summed E-state index contributed by atoms with van der Waals surface area (Å²) in [6.07, 6.45) is 1.99. The molecule has 2 amide bonds. The van der Waals surface area contributed by atoms with E-state index in [-0.39, 0.29) is 24.9 Å². The number of para-hydroxylation sites is 1. The zero-order valence-electron chi connectivity index (χ0n) is 17.2. The van der Waals surface area contributed by atoms with Gasteiger partial charge in [-0.05, 0) is 37.0 Å². The normalized spacial score (nSPS) is 23.1. The fourth-order valence-electron chi connectivity index (χ4n) is 4.44. The van der Waals surface area contributed by atoms with Crippen molar-refractivity contribution in [1.82, 2.24) is 9.80 Å². The van der Waals surface area contributed by atoms with E-state index in [0.29, 0.717) is 32.6 Å². The molecule has 4 rings (SSSR count). The Labute approximate surface area is 177 Å². The number of β-amino-alcohol motifs (C(OH)–C–C–N with tert-alkyl or cyclic N) is 1. The SMILES string of the molecule is O=C1CN(C[C@]2(O)CCCN(CCc3ccccc3)C2=O)CCN1c1ccccc1. The number of benzene rings is 2. The van der Waals surface area contributed by atoms with Crippen LogP contribution in [-0.2, 0) is 16.0 Å². The van der Waals surface area contributed by atoms with E-state index in [1.807, 2.05) is 53.4 Å². The Hall–Kier alpha value is -2.70. The molecule has 0 spiro atoms. The van der Waals surface area contributed by atoms with Crippen molar-refractivity contribution < 1.29 is 14.7 Å². The van der Waals surface area contributed by atoms with Crippen LogP contribution < -0.4 is 4.90 Å². The Morgan fingerprint density at radius 3 is 2.30 bits per heavy atom. The van der Waals surface area contributed by atoms with Crippen molar-refractivity contribution in [3.05, 3.63) is 66.2 Å². The maximum atomic E-state index is 13.1. The lowest BCUT2D eigenvalue weighted by Gasteiger charge is -2.42. The molecule has 2 aromatic carbocycles. The number of carbonyl (C=O) groups is 2. The molecular weight excluding hydrogens is 378 g/mol. The summed E-state index contributed by atoms with van der Waals surface area (Å²) in [5, 5.41) is 11.2. The minimum Gasteiger partial charge on any atom is -0.379 e. The molecule has 2 saturated heterocycles. The maximum Gasteiger partial charge on any atom is 0.255 e. The van der Waals surface area contributed by atoms with Gasteiger partial charge in [0, 0.05) is 38.4 Å². The number of piperazine rings is 1. The second kappa shape index (κ2) is 8.98. The molecule has 0 radical (unpaired) electrons. The van der Waals surface area contributed by atoms with Crippen molar-refractivity contribution in [1.29, 1.82) is 0 Å². The van der Waals surface area contributed by atoms with Crippen LogP contribution in [-0.4, -0.2) is 71.6 Å². The van der Waals surface area contributed by atoms with Crippen LogP contribution in [0.2, 0.25) is 0 Å². The molecule has 2 aliphatic rings. The Kier molecular flexibility index (Phi) is 6.16. The molecule has 0 aromatic heterocycles. The first-order valence-corrected chi connectivity index (χ1v) is 10.7. The molecule has 1 N–H and O–H groups in total. The quantitative estimate of drug-likeness (QED) is 0.795. The highest BCUT2D eigenvalue weighted by Gasteiger charge is 2.44. The summed E-state index contributed by atoms with van der Waals surface area (Å²) in [6, 6.07) is 19.7. The number of rotatable bonds is 6. The highest BCUT2D eigenvalue weighted by molar-refractivity contribution is 5.95. The molecule has 0 unspecified atom stereocenters. The van der Waals surface area contributed by atoms with Gasteiger partial charge in [0.1, 0.15) is 0 Å². The van der Waals surface area contributed by atoms with Crippen LogP contribution in [0, 0.1) is 0 Å². The van der Waals surface area contributed by atoms with Gasteiger partial charge in [0.25, 0.3) is 5.91 Å². The van der Waals surface area contributed by atoms with Gasteiger partial charge >= 0.3 is 0 Å². The third kappa shape index (κ3) is 4.55. The Balaban J connectivity index is 1.35. The number of carbonyl (C=O) groups excluding carboxylic acids is 2. The number of nitrogens with zero attached hydrogens (tertiary/aromatic N) is 3. The van der Waals surface area contributed by atoms with Crippen LogP contribution in [0.1, 0.15) is 18.4 Å². The molecular formula is C24H29N3O3. The number of hydrogen-bond acceptors (Lipinski definition) is 4. The third-order valence-electron chi connectivity index (χ3n) is 6.07. The van der Waals surface area contributed by atoms with E-state index in [4.69, 9.17) is 0 Å². The molecule has 2 aliphatic heterocycles. The van der Waals surface area contributed by atoms with E-state index in [9.17, 15) is 14.7 Å². The molecule has 6 nitrogen and oxygen atoms in total. The van der Waals surface area contributed by atoms with Crippen molar-refractivity contribution in [3.8, 4) is 0 Å². The topological polar surface area (TPSA) is 64.1 Å². The lowest BCUT2D eigenvalue weighted by atomic mass is 9.90. The smallest absolute Gasteiger partial charge is 0.255 e. The van der Waals surface area contributed by atoms with E-state index >= 15 is 0 Å². The van der Waals surface area contributed by atoms with Crippen molar-refractivity contribution in [2.75, 3.05) is 44.2 Å². The zero-order chi connectivity index (χ0) is 21.0. The van der Waals surface area contributed by atoms with Gasteiger partial charge in [-0.2, -0.15) is 0 Å². The van der Waals surface area contributed by atoms with Gasteiger partial charge in [-0.25, -0.2) is 0 Å². The fraction of sp³-hybridized carbons (Fsp3) is 0.417. The molecule has 2 heterocycles. The Bertz CT molecular complexity index is 874. The standard InChI is InChI=1S/C24H29N3O3/c28-22-18-25(16-17-27(22)21-10-5-2-6-11-21)19-24(30)13-7-14-26(23(24)29)15-12-20-8-3-1-4-9-20/h1-6,8-11,30H,7,12-19H2/t24-/m1/s1. The van der Waals surface area contributed by atoms with Crippen molar-refractivity contribution >= 4 is 17.5 Å². The molecule has 2 fully saturated rings. The molecule has 30 heavy (non-hydrogen) atoms. The van der Waals surface area contributed by atoms with E-state index in [1.165, 1.54) is 5.56 Å². The minimum absolute atomic E-state index is 0.000224. The summed E-state index contributed by atoms with van der Waals surface area (Å²) in [6.45, 7) is 2.90. The lowest BCUT2D eigenvalue weighted by molar-refractivity contribution is -0.160. The molecule has 6 heteroatoms. The minimum atomic E-state index is -1.41. The monoisotopic (exact) mass is 407 g/mol. The molecule has 0 aliphatic carbocycles. The van der Waals surface area contributed by atoms with Crippen molar-refractivity contribution in [2.45, 2.75) is 24.9 Å². The predicted molar refractivity (Wildman–Crippen MR) is 116 cm³/mol. The van der Waals surface area contributed by atoms with Gasteiger partial charge in [0.2, 0.25) is 5.91 Å². The van der Waals surface area contributed by atoms with Gasteiger partial charge in [0.15, 0.2) is 5.60 Å². The van der Waals surface area contributed by atoms with E-state index in [0.717, 1.165) is 18.5 Å². The Morgan fingerprint density at radius 2 is 1.60 bits per heavy atom. The highest BCUT2D eigenvalue weighted by atomic mass is 16.3. The summed E-state index contributed by atoms with van der Waals surface area (Å²) in [7, 11) is 0. The van der Waals surface area contributed by atoms with Gasteiger partial charge in [-0.15, -0.1) is 0 Å². The van der Waals surface area contributed by atoms with Gasteiger partial charge < -0.3 is 14.9 Å². The molecule has 0 bridgehead atoms. The third-order valence-corrected chi connectivity index (χ3v) is 6.07. The van der Waals surface area contributed by atoms with E-state index in [2.05, 4.69) is 12.1 Å². The summed E-state index contributed by atoms with van der Waals surface area (Å²) in [5.41, 5.74) is 0.660. The van der Waals surface area contributed by atoms with E-state index < -0.39 is 5.60 Å². The number of hydrogen-bond donors (Lipinski definition) is 1. The number of amides is 2. The second-order valence-corrected chi connectivity index (χ2v) is 8.25. The van der Waals surface area contributed by atoms with Gasteiger partial charge in [0.05, 0.1) is 6.54 Å². The first-order chi connectivity index (χ1) is 14.5. The van der Waals surface area contributed by atoms with Gasteiger partial charge in [-0.1, -0.05) is 48.5 Å². The summed E-state index contributed by atoms with van der Waals surface area (Å²) in [5.74, 6) is -0.206. The average molecular weight is 408 g/mol. The number of aliphatic hydroxyl groups is 1. The molecule has 2 aromatic rings. The maximum absolute atomic E-state index is 13.1. The number of likely N-dealkylation sites (tertiary alicyclic amines) is 1. The number of piperidine rings is 1. The van der Waals surface area contributed by atoms with Crippen LogP contribution in [0.15, 0.2) is 60.7 Å².